The van der Waals surface area contributed by atoms with Crippen LogP contribution in [0, 0.1) is 13.8 Å². The molecule has 0 saturated carbocycles. The fourth-order valence-corrected chi connectivity index (χ4v) is 1.45. The Morgan fingerprint density at radius 1 is 1.36 bits per heavy atom. The summed E-state index contributed by atoms with van der Waals surface area (Å²) >= 11 is 0. The third-order valence-electron chi connectivity index (χ3n) is 2.46. The lowest BCUT2D eigenvalue weighted by molar-refractivity contribution is 0.754. The molecule has 2 aromatic rings. The number of rotatable bonds is 2. The summed E-state index contributed by atoms with van der Waals surface area (Å²) in [5.74, 6) is 0. The first-order valence-corrected chi connectivity index (χ1v) is 4.62. The molecule has 0 aliphatic carbocycles. The molecule has 0 aliphatic rings. The molecular formula is C10H14N4. The van der Waals surface area contributed by atoms with Gasteiger partial charge in [0.25, 0.3) is 0 Å². The third-order valence-corrected chi connectivity index (χ3v) is 2.46. The number of nitrogens with zero attached hydrogens (tertiary/aromatic N) is 4. The van der Waals surface area contributed by atoms with Crippen LogP contribution < -0.4 is 0 Å². The predicted octanol–water partition coefficient (Wildman–Crippen LogP) is 1.28. The number of aryl methyl sites for hydroxylation is 2. The van der Waals surface area contributed by atoms with Crippen molar-refractivity contribution in [2.24, 2.45) is 7.05 Å². The Morgan fingerprint density at radius 3 is 2.64 bits per heavy atom. The molecule has 14 heavy (non-hydrogen) atoms. The summed E-state index contributed by atoms with van der Waals surface area (Å²) in [5.41, 5.74) is 3.51. The Morgan fingerprint density at radius 2 is 2.14 bits per heavy atom. The zero-order valence-corrected chi connectivity index (χ0v) is 8.73. The smallest absolute Gasteiger partial charge is 0.0954 e. The van der Waals surface area contributed by atoms with Gasteiger partial charge in [-0.2, -0.15) is 5.10 Å². The molecule has 0 amide bonds. The van der Waals surface area contributed by atoms with Gasteiger partial charge in [0, 0.05) is 24.5 Å². The van der Waals surface area contributed by atoms with Gasteiger partial charge in [-0.25, -0.2) is 4.98 Å². The van der Waals surface area contributed by atoms with Crippen LogP contribution in [0.3, 0.4) is 0 Å². The number of hydrogen-bond acceptors (Lipinski definition) is 2. The summed E-state index contributed by atoms with van der Waals surface area (Å²) in [7, 11) is 1.93. The first kappa shape index (κ1) is 8.99. The van der Waals surface area contributed by atoms with Crippen LogP contribution >= 0.6 is 0 Å². The highest BCUT2D eigenvalue weighted by Gasteiger charge is 2.03. The Labute approximate surface area is 83.2 Å². The van der Waals surface area contributed by atoms with Gasteiger partial charge in [0.15, 0.2) is 0 Å². The lowest BCUT2D eigenvalue weighted by Gasteiger charge is -2.02. The minimum atomic E-state index is 0.848. The van der Waals surface area contributed by atoms with E-state index in [1.165, 1.54) is 11.3 Å². The second-order valence-corrected chi connectivity index (χ2v) is 3.57. The van der Waals surface area contributed by atoms with Gasteiger partial charge in [0.1, 0.15) is 0 Å². The van der Waals surface area contributed by atoms with E-state index < -0.39 is 0 Å². The summed E-state index contributed by atoms with van der Waals surface area (Å²) in [6, 6.07) is 0. The van der Waals surface area contributed by atoms with Gasteiger partial charge < -0.3 is 4.57 Å². The molecule has 2 aromatic heterocycles. The van der Waals surface area contributed by atoms with E-state index in [0.717, 1.165) is 12.2 Å². The first-order valence-electron chi connectivity index (χ1n) is 4.62. The largest absolute Gasteiger partial charge is 0.330 e. The second kappa shape index (κ2) is 3.29. The van der Waals surface area contributed by atoms with Crippen LogP contribution in [-0.4, -0.2) is 19.3 Å². The molecule has 0 fully saturated rings. The average Bonchev–Trinajstić information content (AvgIpc) is 2.67. The summed E-state index contributed by atoms with van der Waals surface area (Å²) in [6.07, 6.45) is 5.78. The van der Waals surface area contributed by atoms with Crippen molar-refractivity contribution in [3.8, 4) is 0 Å². The van der Waals surface area contributed by atoms with Crippen molar-refractivity contribution in [1.29, 1.82) is 0 Å². The van der Waals surface area contributed by atoms with Crippen LogP contribution in [0.25, 0.3) is 0 Å². The molecule has 0 spiro atoms. The number of aromatic nitrogens is 4. The highest BCUT2D eigenvalue weighted by atomic mass is 15.2. The molecule has 74 valence electrons. The van der Waals surface area contributed by atoms with E-state index in [2.05, 4.69) is 21.6 Å². The fraction of sp³-hybridized carbons (Fsp3) is 0.400. The molecule has 2 rings (SSSR count). The molecule has 0 bridgehead atoms. The molecule has 4 heteroatoms. The molecule has 2 heterocycles. The molecule has 0 aromatic carbocycles. The summed E-state index contributed by atoms with van der Waals surface area (Å²) in [4.78, 5) is 4.25. The molecule has 4 nitrogen and oxygen atoms in total. The average molecular weight is 190 g/mol. The van der Waals surface area contributed by atoms with E-state index in [0.29, 0.717) is 0 Å². The molecule has 0 unspecified atom stereocenters. The molecule has 0 N–H and O–H groups in total. The Balaban J connectivity index is 2.22. The van der Waals surface area contributed by atoms with E-state index in [1.54, 1.807) is 0 Å². The van der Waals surface area contributed by atoms with Crippen LogP contribution in [0.2, 0.25) is 0 Å². The molecule has 0 saturated heterocycles. The van der Waals surface area contributed by atoms with Gasteiger partial charge in [-0.1, -0.05) is 0 Å². The van der Waals surface area contributed by atoms with Crippen molar-refractivity contribution in [1.82, 2.24) is 19.3 Å². The van der Waals surface area contributed by atoms with Crippen molar-refractivity contribution in [3.05, 3.63) is 35.7 Å². The van der Waals surface area contributed by atoms with Gasteiger partial charge in [-0.3, -0.25) is 4.68 Å². The Hall–Kier alpha value is -1.58. The lowest BCUT2D eigenvalue weighted by atomic mass is 10.3. The SMILES string of the molecule is Cc1ncn(Cc2cnn(C)c2)c1C. The van der Waals surface area contributed by atoms with Crippen molar-refractivity contribution in [2.45, 2.75) is 20.4 Å². The van der Waals surface area contributed by atoms with Crippen LogP contribution in [0.1, 0.15) is 17.0 Å². The van der Waals surface area contributed by atoms with E-state index in [4.69, 9.17) is 0 Å². The van der Waals surface area contributed by atoms with E-state index in [9.17, 15) is 0 Å². The third kappa shape index (κ3) is 1.55. The van der Waals surface area contributed by atoms with Crippen molar-refractivity contribution in [3.63, 3.8) is 0 Å². The quantitative estimate of drug-likeness (QED) is 0.715. The maximum atomic E-state index is 4.25. The zero-order valence-electron chi connectivity index (χ0n) is 8.73. The minimum absolute atomic E-state index is 0.848. The standard InChI is InChI=1S/C10H14N4/c1-8-9(2)14(7-11-8)6-10-4-12-13(3)5-10/h4-5,7H,6H2,1-3H3. The van der Waals surface area contributed by atoms with E-state index in [-0.39, 0.29) is 0 Å². The molecule has 0 radical (unpaired) electrons. The highest BCUT2D eigenvalue weighted by Crippen LogP contribution is 2.07. The fourth-order valence-electron chi connectivity index (χ4n) is 1.45. The van der Waals surface area contributed by atoms with Gasteiger partial charge >= 0.3 is 0 Å². The normalized spacial score (nSPS) is 10.8. The Kier molecular flexibility index (Phi) is 2.11. The van der Waals surface area contributed by atoms with Gasteiger partial charge in [0.2, 0.25) is 0 Å². The minimum Gasteiger partial charge on any atom is -0.330 e. The second-order valence-electron chi connectivity index (χ2n) is 3.57. The maximum Gasteiger partial charge on any atom is 0.0954 e. The summed E-state index contributed by atoms with van der Waals surface area (Å²) < 4.78 is 3.95. The monoisotopic (exact) mass is 190 g/mol. The molecule has 0 atom stereocenters. The van der Waals surface area contributed by atoms with Gasteiger partial charge in [-0.05, 0) is 13.8 Å². The lowest BCUT2D eigenvalue weighted by Crippen LogP contribution is -1.99. The summed E-state index contributed by atoms with van der Waals surface area (Å²) in [5, 5.41) is 4.13. The van der Waals surface area contributed by atoms with Gasteiger partial charge in [0.05, 0.1) is 24.8 Å². The van der Waals surface area contributed by atoms with E-state index >= 15 is 0 Å². The maximum absolute atomic E-state index is 4.25. The topological polar surface area (TPSA) is 35.6 Å². The summed E-state index contributed by atoms with van der Waals surface area (Å²) in [6.45, 7) is 4.95. The zero-order chi connectivity index (χ0) is 10.1. The number of imidazole rings is 1. The highest BCUT2D eigenvalue weighted by molar-refractivity contribution is 5.12. The van der Waals surface area contributed by atoms with E-state index in [1.807, 2.05) is 37.4 Å². The Bertz CT molecular complexity index is 439. The first-order chi connectivity index (χ1) is 6.66. The van der Waals surface area contributed by atoms with Crippen molar-refractivity contribution < 1.29 is 0 Å². The van der Waals surface area contributed by atoms with Crippen molar-refractivity contribution in [2.75, 3.05) is 0 Å². The van der Waals surface area contributed by atoms with Crippen LogP contribution in [0.5, 0.6) is 0 Å². The molecule has 0 aliphatic heterocycles. The van der Waals surface area contributed by atoms with Crippen molar-refractivity contribution >= 4 is 0 Å². The number of hydrogen-bond donors (Lipinski definition) is 0. The van der Waals surface area contributed by atoms with Gasteiger partial charge in [-0.15, -0.1) is 0 Å². The molecular weight excluding hydrogens is 176 g/mol. The van der Waals surface area contributed by atoms with Crippen LogP contribution in [0.4, 0.5) is 0 Å². The van der Waals surface area contributed by atoms with Crippen LogP contribution in [-0.2, 0) is 13.6 Å². The predicted molar refractivity (Wildman–Crippen MR) is 54.0 cm³/mol. The van der Waals surface area contributed by atoms with Crippen LogP contribution in [0.15, 0.2) is 18.7 Å².